The van der Waals surface area contributed by atoms with Crippen molar-refractivity contribution in [2.45, 2.75) is 6.42 Å². The Morgan fingerprint density at radius 2 is 2.33 bits per heavy atom. The van der Waals surface area contributed by atoms with Crippen molar-refractivity contribution in [2.24, 2.45) is 7.05 Å². The molecule has 5 heteroatoms. The molecule has 0 bridgehead atoms. The summed E-state index contributed by atoms with van der Waals surface area (Å²) in [6, 6.07) is 3.68. The molecule has 0 aliphatic heterocycles. The van der Waals surface area contributed by atoms with Crippen LogP contribution in [0.2, 0.25) is 0 Å². The van der Waals surface area contributed by atoms with Gasteiger partial charge in [0.2, 0.25) is 0 Å². The van der Waals surface area contributed by atoms with Crippen LogP contribution < -0.4 is 0 Å². The molecule has 0 saturated heterocycles. The quantitative estimate of drug-likeness (QED) is 0.685. The van der Waals surface area contributed by atoms with Crippen LogP contribution in [-0.2, 0) is 13.5 Å². The normalized spacial score (nSPS) is 10.2. The SMILES string of the molecule is Cn1nncc1C(=O)Cc1cccnc1. The Morgan fingerprint density at radius 3 is 2.93 bits per heavy atom. The van der Waals surface area contributed by atoms with Crippen molar-refractivity contribution in [2.75, 3.05) is 0 Å². The average Bonchev–Trinajstić information content (AvgIpc) is 2.66. The summed E-state index contributed by atoms with van der Waals surface area (Å²) in [6.45, 7) is 0. The average molecular weight is 202 g/mol. The van der Waals surface area contributed by atoms with Crippen LogP contribution in [0, 0.1) is 0 Å². The molecule has 0 fully saturated rings. The molecule has 0 atom stereocenters. The summed E-state index contributed by atoms with van der Waals surface area (Å²) in [5, 5.41) is 7.37. The highest BCUT2D eigenvalue weighted by Crippen LogP contribution is 2.03. The molecule has 0 N–H and O–H groups in total. The van der Waals surface area contributed by atoms with Crippen molar-refractivity contribution < 1.29 is 4.79 Å². The number of Topliss-reactive ketones (excluding diaryl/α,β-unsaturated/α-hetero) is 1. The third-order valence-corrected chi connectivity index (χ3v) is 2.09. The minimum Gasteiger partial charge on any atom is -0.292 e. The summed E-state index contributed by atoms with van der Waals surface area (Å²) < 4.78 is 1.47. The predicted octanol–water partition coefficient (Wildman–Crippen LogP) is 0.635. The molecule has 0 unspecified atom stereocenters. The molecular formula is C10H10N4O. The number of nitrogens with zero attached hydrogens (tertiary/aromatic N) is 4. The molecule has 2 rings (SSSR count). The molecule has 0 amide bonds. The Balaban J connectivity index is 2.15. The first-order valence-corrected chi connectivity index (χ1v) is 4.54. The third-order valence-electron chi connectivity index (χ3n) is 2.09. The van der Waals surface area contributed by atoms with Crippen LogP contribution in [0.15, 0.2) is 30.7 Å². The molecule has 5 nitrogen and oxygen atoms in total. The van der Waals surface area contributed by atoms with Crippen LogP contribution in [-0.4, -0.2) is 25.8 Å². The van der Waals surface area contributed by atoms with Crippen molar-refractivity contribution in [1.82, 2.24) is 20.0 Å². The van der Waals surface area contributed by atoms with Crippen LogP contribution in [0.4, 0.5) is 0 Å². The van der Waals surface area contributed by atoms with Crippen LogP contribution in [0.5, 0.6) is 0 Å². The zero-order chi connectivity index (χ0) is 10.7. The van der Waals surface area contributed by atoms with E-state index < -0.39 is 0 Å². The number of carbonyl (C=O) groups excluding carboxylic acids is 1. The van der Waals surface area contributed by atoms with Crippen LogP contribution in [0.1, 0.15) is 16.1 Å². The first-order valence-electron chi connectivity index (χ1n) is 4.54. The fraction of sp³-hybridized carbons (Fsp3) is 0.200. The number of hydrogen-bond donors (Lipinski definition) is 0. The fourth-order valence-electron chi connectivity index (χ4n) is 1.32. The van der Waals surface area contributed by atoms with Crippen molar-refractivity contribution in [3.05, 3.63) is 42.0 Å². The standard InChI is InChI=1S/C10H10N4O/c1-14-9(7-12-13-14)10(15)5-8-3-2-4-11-6-8/h2-4,6-7H,5H2,1H3. The predicted molar refractivity (Wildman–Crippen MR) is 53.3 cm³/mol. The number of ketones is 1. The first-order chi connectivity index (χ1) is 7.27. The summed E-state index contributed by atoms with van der Waals surface area (Å²) in [6.07, 6.45) is 5.16. The van der Waals surface area contributed by atoms with Gasteiger partial charge in [-0.1, -0.05) is 11.3 Å². The number of aromatic nitrogens is 4. The number of pyridine rings is 1. The van der Waals surface area contributed by atoms with E-state index in [2.05, 4.69) is 15.3 Å². The minimum atomic E-state index is -0.00417. The summed E-state index contributed by atoms with van der Waals surface area (Å²) in [5.74, 6) is -0.00417. The first kappa shape index (κ1) is 9.51. The summed E-state index contributed by atoms with van der Waals surface area (Å²) in [4.78, 5) is 15.7. The van der Waals surface area contributed by atoms with E-state index in [1.54, 1.807) is 19.4 Å². The lowest BCUT2D eigenvalue weighted by atomic mass is 10.1. The Morgan fingerprint density at radius 1 is 1.47 bits per heavy atom. The van der Waals surface area contributed by atoms with Gasteiger partial charge in [0.05, 0.1) is 6.20 Å². The highest BCUT2D eigenvalue weighted by atomic mass is 16.1. The van der Waals surface area contributed by atoms with Gasteiger partial charge in [-0.2, -0.15) is 0 Å². The van der Waals surface area contributed by atoms with Gasteiger partial charge in [-0.3, -0.25) is 9.78 Å². The number of aryl methyl sites for hydroxylation is 1. The lowest BCUT2D eigenvalue weighted by molar-refractivity contribution is 0.0984. The monoisotopic (exact) mass is 202 g/mol. The van der Waals surface area contributed by atoms with Gasteiger partial charge in [0.15, 0.2) is 5.78 Å². The maximum absolute atomic E-state index is 11.8. The van der Waals surface area contributed by atoms with E-state index in [-0.39, 0.29) is 5.78 Å². The third kappa shape index (κ3) is 2.07. The van der Waals surface area contributed by atoms with Gasteiger partial charge in [-0.15, -0.1) is 5.10 Å². The molecule has 0 aliphatic carbocycles. The van der Waals surface area contributed by atoms with Gasteiger partial charge >= 0.3 is 0 Å². The second-order valence-corrected chi connectivity index (χ2v) is 3.20. The second kappa shape index (κ2) is 4.00. The van der Waals surface area contributed by atoms with E-state index in [4.69, 9.17) is 0 Å². The van der Waals surface area contributed by atoms with Crippen molar-refractivity contribution in [1.29, 1.82) is 0 Å². The van der Waals surface area contributed by atoms with Gasteiger partial charge in [0.1, 0.15) is 5.69 Å². The Bertz CT molecular complexity index is 463. The topological polar surface area (TPSA) is 60.7 Å². The van der Waals surface area contributed by atoms with Crippen LogP contribution in [0.3, 0.4) is 0 Å². The highest BCUT2D eigenvalue weighted by Gasteiger charge is 2.11. The molecule has 15 heavy (non-hydrogen) atoms. The van der Waals surface area contributed by atoms with Crippen molar-refractivity contribution in [3.63, 3.8) is 0 Å². The molecular weight excluding hydrogens is 192 g/mol. The van der Waals surface area contributed by atoms with E-state index in [1.165, 1.54) is 10.9 Å². The van der Waals surface area contributed by atoms with E-state index in [0.29, 0.717) is 12.1 Å². The zero-order valence-corrected chi connectivity index (χ0v) is 8.29. The van der Waals surface area contributed by atoms with E-state index in [9.17, 15) is 4.79 Å². The zero-order valence-electron chi connectivity index (χ0n) is 8.29. The Hall–Kier alpha value is -2.04. The van der Waals surface area contributed by atoms with E-state index in [1.807, 2.05) is 12.1 Å². The van der Waals surface area contributed by atoms with Gasteiger partial charge in [0.25, 0.3) is 0 Å². The molecule has 0 aromatic carbocycles. The second-order valence-electron chi connectivity index (χ2n) is 3.20. The maximum Gasteiger partial charge on any atom is 0.186 e. The number of hydrogen-bond acceptors (Lipinski definition) is 4. The lowest BCUT2D eigenvalue weighted by Crippen LogP contribution is -2.09. The van der Waals surface area contributed by atoms with Crippen LogP contribution >= 0.6 is 0 Å². The highest BCUT2D eigenvalue weighted by molar-refractivity contribution is 5.95. The molecule has 0 saturated carbocycles. The molecule has 76 valence electrons. The summed E-state index contributed by atoms with van der Waals surface area (Å²) >= 11 is 0. The Kier molecular flexibility index (Phi) is 2.53. The van der Waals surface area contributed by atoms with Gasteiger partial charge in [-0.05, 0) is 11.6 Å². The Labute approximate surface area is 86.8 Å². The maximum atomic E-state index is 11.8. The molecule has 2 heterocycles. The molecule has 0 aliphatic rings. The molecule has 2 aromatic heterocycles. The van der Waals surface area contributed by atoms with E-state index in [0.717, 1.165) is 5.56 Å². The molecule has 2 aromatic rings. The van der Waals surface area contributed by atoms with Gasteiger partial charge in [0, 0.05) is 25.9 Å². The van der Waals surface area contributed by atoms with E-state index >= 15 is 0 Å². The number of rotatable bonds is 3. The van der Waals surface area contributed by atoms with Crippen LogP contribution in [0.25, 0.3) is 0 Å². The molecule has 0 spiro atoms. The fourth-order valence-corrected chi connectivity index (χ4v) is 1.32. The molecule has 0 radical (unpaired) electrons. The lowest BCUT2D eigenvalue weighted by Gasteiger charge is -1.99. The van der Waals surface area contributed by atoms with Crippen molar-refractivity contribution >= 4 is 5.78 Å². The summed E-state index contributed by atoms with van der Waals surface area (Å²) in [5.41, 5.74) is 1.41. The van der Waals surface area contributed by atoms with Gasteiger partial charge < -0.3 is 0 Å². The van der Waals surface area contributed by atoms with Gasteiger partial charge in [-0.25, -0.2) is 4.68 Å². The minimum absolute atomic E-state index is 0.00417. The number of carbonyl (C=O) groups is 1. The largest absolute Gasteiger partial charge is 0.292 e. The summed E-state index contributed by atoms with van der Waals surface area (Å²) in [7, 11) is 1.70. The smallest absolute Gasteiger partial charge is 0.186 e. The van der Waals surface area contributed by atoms with Crippen molar-refractivity contribution in [3.8, 4) is 0 Å².